The van der Waals surface area contributed by atoms with Crippen LogP contribution in [0, 0.1) is 5.82 Å². The molecule has 0 aromatic heterocycles. The highest BCUT2D eigenvalue weighted by molar-refractivity contribution is 5.94. The number of halogens is 1. The van der Waals surface area contributed by atoms with E-state index >= 15 is 0 Å². The number of amides is 2. The summed E-state index contributed by atoms with van der Waals surface area (Å²) in [6, 6.07) is 22.4. The van der Waals surface area contributed by atoms with E-state index in [1.54, 1.807) is 49.6 Å². The number of anilines is 1. The quantitative estimate of drug-likeness (QED) is 0.614. The van der Waals surface area contributed by atoms with Gasteiger partial charge in [0.15, 0.2) is 0 Å². The molecule has 3 aromatic carbocycles. The molecular weight excluding hydrogens is 383 g/mol. The van der Waals surface area contributed by atoms with Crippen LogP contribution in [0.3, 0.4) is 0 Å². The van der Waals surface area contributed by atoms with Gasteiger partial charge in [-0.2, -0.15) is 0 Å². The van der Waals surface area contributed by atoms with E-state index in [2.05, 4.69) is 5.32 Å². The molecular formula is C24H23FN2O3. The van der Waals surface area contributed by atoms with Crippen molar-refractivity contribution in [2.24, 2.45) is 0 Å². The highest BCUT2D eigenvalue weighted by atomic mass is 19.1. The molecule has 30 heavy (non-hydrogen) atoms. The van der Waals surface area contributed by atoms with Crippen molar-refractivity contribution < 1.29 is 18.7 Å². The minimum atomic E-state index is -0.412. The molecule has 3 aromatic rings. The SMILES string of the molecule is COc1ccc(NC(=O)CN(Cc2ccccc2F)C(=O)Cc2ccccc2)cc1. The fourth-order valence-electron chi connectivity index (χ4n) is 3.00. The molecule has 0 aliphatic carbocycles. The molecule has 2 amide bonds. The summed E-state index contributed by atoms with van der Waals surface area (Å²) in [5.74, 6) is -0.356. The predicted molar refractivity (Wildman–Crippen MR) is 114 cm³/mol. The number of rotatable bonds is 8. The van der Waals surface area contributed by atoms with E-state index in [4.69, 9.17) is 4.74 Å². The Morgan fingerprint density at radius 3 is 2.27 bits per heavy atom. The summed E-state index contributed by atoms with van der Waals surface area (Å²) < 4.78 is 19.2. The summed E-state index contributed by atoms with van der Waals surface area (Å²) in [5, 5.41) is 2.76. The van der Waals surface area contributed by atoms with E-state index in [0.717, 1.165) is 5.56 Å². The van der Waals surface area contributed by atoms with Gasteiger partial charge in [0.2, 0.25) is 11.8 Å². The van der Waals surface area contributed by atoms with Crippen LogP contribution in [0.4, 0.5) is 10.1 Å². The molecule has 0 fully saturated rings. The fourth-order valence-corrected chi connectivity index (χ4v) is 3.00. The lowest BCUT2D eigenvalue weighted by molar-refractivity contribution is -0.134. The lowest BCUT2D eigenvalue weighted by Gasteiger charge is -2.23. The summed E-state index contributed by atoms with van der Waals surface area (Å²) in [7, 11) is 1.56. The number of hydrogen-bond acceptors (Lipinski definition) is 3. The first kappa shape index (κ1) is 21.0. The van der Waals surface area contributed by atoms with Gasteiger partial charge in [0, 0.05) is 17.8 Å². The van der Waals surface area contributed by atoms with Gasteiger partial charge in [-0.15, -0.1) is 0 Å². The largest absolute Gasteiger partial charge is 0.497 e. The summed E-state index contributed by atoms with van der Waals surface area (Å²) >= 11 is 0. The molecule has 6 heteroatoms. The average molecular weight is 406 g/mol. The zero-order chi connectivity index (χ0) is 21.3. The van der Waals surface area contributed by atoms with Gasteiger partial charge in [-0.1, -0.05) is 48.5 Å². The summed E-state index contributed by atoms with van der Waals surface area (Å²) in [4.78, 5) is 26.9. The smallest absolute Gasteiger partial charge is 0.244 e. The molecule has 0 heterocycles. The third kappa shape index (κ3) is 5.91. The second-order valence-electron chi connectivity index (χ2n) is 6.78. The Labute approximate surface area is 175 Å². The van der Waals surface area contributed by atoms with Crippen LogP contribution in [0.15, 0.2) is 78.9 Å². The molecule has 5 nitrogen and oxygen atoms in total. The molecule has 0 aliphatic rings. The molecule has 3 rings (SSSR count). The van der Waals surface area contributed by atoms with Crippen LogP contribution in [0.25, 0.3) is 0 Å². The van der Waals surface area contributed by atoms with E-state index in [1.165, 1.54) is 11.0 Å². The number of methoxy groups -OCH3 is 1. The Bertz CT molecular complexity index is 991. The molecule has 0 unspecified atom stereocenters. The first-order chi connectivity index (χ1) is 14.5. The van der Waals surface area contributed by atoms with Gasteiger partial charge >= 0.3 is 0 Å². The van der Waals surface area contributed by atoms with Crippen molar-refractivity contribution in [3.05, 3.63) is 95.8 Å². The highest BCUT2D eigenvalue weighted by Crippen LogP contribution is 2.16. The molecule has 0 saturated heterocycles. The van der Waals surface area contributed by atoms with Crippen LogP contribution >= 0.6 is 0 Å². The zero-order valence-corrected chi connectivity index (χ0v) is 16.7. The van der Waals surface area contributed by atoms with Gasteiger partial charge < -0.3 is 15.0 Å². The Kier molecular flexibility index (Phi) is 7.16. The maximum Gasteiger partial charge on any atom is 0.244 e. The van der Waals surface area contributed by atoms with E-state index < -0.39 is 5.82 Å². The van der Waals surface area contributed by atoms with Gasteiger partial charge in [-0.05, 0) is 35.9 Å². The molecule has 154 valence electrons. The fraction of sp³-hybridized carbons (Fsp3) is 0.167. The Morgan fingerprint density at radius 1 is 0.933 bits per heavy atom. The number of hydrogen-bond donors (Lipinski definition) is 1. The van der Waals surface area contributed by atoms with E-state index in [1.807, 2.05) is 30.3 Å². The molecule has 1 N–H and O–H groups in total. The summed E-state index contributed by atoms with van der Waals surface area (Å²) in [6.07, 6.45) is 0.130. The minimum Gasteiger partial charge on any atom is -0.497 e. The maximum atomic E-state index is 14.1. The number of benzene rings is 3. The number of ether oxygens (including phenoxy) is 1. The van der Waals surface area contributed by atoms with Gasteiger partial charge in [0.05, 0.1) is 13.5 Å². The topological polar surface area (TPSA) is 58.6 Å². The van der Waals surface area contributed by atoms with Gasteiger partial charge in [-0.3, -0.25) is 9.59 Å². The molecule has 0 bridgehead atoms. The van der Waals surface area contributed by atoms with Crippen molar-refractivity contribution in [3.63, 3.8) is 0 Å². The van der Waals surface area contributed by atoms with Crippen molar-refractivity contribution in [1.82, 2.24) is 4.90 Å². The highest BCUT2D eigenvalue weighted by Gasteiger charge is 2.19. The minimum absolute atomic E-state index is 0.00831. The monoisotopic (exact) mass is 406 g/mol. The maximum absolute atomic E-state index is 14.1. The lowest BCUT2D eigenvalue weighted by atomic mass is 10.1. The predicted octanol–water partition coefficient (Wildman–Crippen LogP) is 4.04. The average Bonchev–Trinajstić information content (AvgIpc) is 2.76. The first-order valence-electron chi connectivity index (χ1n) is 9.54. The number of nitrogens with one attached hydrogen (secondary N) is 1. The standard InChI is InChI=1S/C24H23FN2O3/c1-30-21-13-11-20(12-14-21)26-23(28)17-27(16-19-9-5-6-10-22(19)25)24(29)15-18-7-3-2-4-8-18/h2-14H,15-17H2,1H3,(H,26,28). The lowest BCUT2D eigenvalue weighted by Crippen LogP contribution is -2.38. The van der Waals surface area contributed by atoms with Crippen LogP contribution in [0.2, 0.25) is 0 Å². The summed E-state index contributed by atoms with van der Waals surface area (Å²) in [5.41, 5.74) is 1.77. The number of nitrogens with zero attached hydrogens (tertiary/aromatic N) is 1. The second-order valence-corrected chi connectivity index (χ2v) is 6.78. The molecule has 0 atom stereocenters. The molecule has 0 spiro atoms. The van der Waals surface area contributed by atoms with Crippen molar-refractivity contribution >= 4 is 17.5 Å². The Morgan fingerprint density at radius 2 is 1.60 bits per heavy atom. The van der Waals surface area contributed by atoms with Crippen molar-refractivity contribution in [3.8, 4) is 5.75 Å². The number of carbonyl (C=O) groups is 2. The van der Waals surface area contributed by atoms with Crippen LogP contribution in [-0.4, -0.2) is 30.4 Å². The van der Waals surface area contributed by atoms with E-state index in [9.17, 15) is 14.0 Å². The first-order valence-corrected chi connectivity index (χ1v) is 9.54. The van der Waals surface area contributed by atoms with Crippen molar-refractivity contribution in [2.75, 3.05) is 19.0 Å². The molecule has 0 saturated carbocycles. The van der Waals surface area contributed by atoms with Crippen LogP contribution in [0.5, 0.6) is 5.75 Å². The van der Waals surface area contributed by atoms with Gasteiger partial charge in [0.1, 0.15) is 18.1 Å². The van der Waals surface area contributed by atoms with Gasteiger partial charge in [-0.25, -0.2) is 4.39 Å². The van der Waals surface area contributed by atoms with Gasteiger partial charge in [0.25, 0.3) is 0 Å². The Balaban J connectivity index is 1.72. The second kappa shape index (κ2) is 10.2. The van der Waals surface area contributed by atoms with E-state index in [-0.39, 0.29) is 31.3 Å². The zero-order valence-electron chi connectivity index (χ0n) is 16.7. The third-order valence-electron chi connectivity index (χ3n) is 4.58. The molecule has 0 radical (unpaired) electrons. The molecule has 0 aliphatic heterocycles. The summed E-state index contributed by atoms with van der Waals surface area (Å²) in [6.45, 7) is -0.180. The number of carbonyl (C=O) groups excluding carboxylic acids is 2. The Hall–Kier alpha value is -3.67. The van der Waals surface area contributed by atoms with E-state index in [0.29, 0.717) is 17.0 Å². The van der Waals surface area contributed by atoms with Crippen molar-refractivity contribution in [2.45, 2.75) is 13.0 Å². The third-order valence-corrected chi connectivity index (χ3v) is 4.58. The van der Waals surface area contributed by atoms with Crippen molar-refractivity contribution in [1.29, 1.82) is 0 Å². The normalized spacial score (nSPS) is 10.3. The van der Waals surface area contributed by atoms with Crippen LogP contribution in [-0.2, 0) is 22.6 Å². The van der Waals surface area contributed by atoms with Crippen LogP contribution in [0.1, 0.15) is 11.1 Å². The van der Waals surface area contributed by atoms with Crippen LogP contribution < -0.4 is 10.1 Å².